The molecule has 27 heavy (non-hydrogen) atoms. The minimum absolute atomic E-state index is 0.0379. The van der Waals surface area contributed by atoms with Crippen LogP contribution in [0.2, 0.25) is 0 Å². The first-order chi connectivity index (χ1) is 13.0. The Morgan fingerprint density at radius 2 is 1.48 bits per heavy atom. The smallest absolute Gasteiger partial charge is 0.283 e. The molecule has 7 nitrogen and oxygen atoms in total. The molecule has 1 aliphatic rings. The number of amides is 2. The second-order valence-electron chi connectivity index (χ2n) is 5.52. The molecule has 2 aromatic carbocycles. The highest BCUT2D eigenvalue weighted by Crippen LogP contribution is 2.35. The lowest BCUT2D eigenvalue weighted by atomic mass is 10.2. The Bertz CT molecular complexity index is 924. The van der Waals surface area contributed by atoms with E-state index in [4.69, 9.17) is 25.8 Å². The summed E-state index contributed by atoms with van der Waals surface area (Å²) in [4.78, 5) is 26.4. The second kappa shape index (κ2) is 7.59. The predicted molar refractivity (Wildman–Crippen MR) is 102 cm³/mol. The number of benzene rings is 2. The Hall–Kier alpha value is -3.19. The molecule has 0 bridgehead atoms. The Balaban J connectivity index is 1.93. The highest BCUT2D eigenvalue weighted by Gasteiger charge is 2.39. The van der Waals surface area contributed by atoms with E-state index in [9.17, 15) is 9.59 Å². The maximum atomic E-state index is 12.8. The third kappa shape index (κ3) is 3.41. The average Bonchev–Trinajstić information content (AvgIpc) is 2.91. The topological polar surface area (TPSA) is 77.1 Å². The van der Waals surface area contributed by atoms with Gasteiger partial charge in [0, 0.05) is 6.07 Å². The summed E-state index contributed by atoms with van der Waals surface area (Å²) >= 11 is 6.15. The summed E-state index contributed by atoms with van der Waals surface area (Å²) in [5.41, 5.74) is 0.796. The minimum atomic E-state index is -0.615. The van der Waals surface area contributed by atoms with Crippen LogP contribution in [0.4, 0.5) is 11.4 Å². The maximum absolute atomic E-state index is 12.8. The van der Waals surface area contributed by atoms with Gasteiger partial charge in [-0.1, -0.05) is 11.6 Å². The number of nitrogens with zero attached hydrogens (tertiary/aromatic N) is 1. The molecule has 140 valence electrons. The molecule has 0 spiro atoms. The number of imide groups is 1. The standard InChI is InChI=1S/C19H17ClN2O5/c1-25-12-6-4-11(5-7-12)22-18(23)16(20)17(19(22)24)21-14-10-13(26-2)8-9-15(14)27-3/h4-10,21H,1-3H3. The van der Waals surface area contributed by atoms with Gasteiger partial charge in [-0.05, 0) is 36.4 Å². The minimum Gasteiger partial charge on any atom is -0.497 e. The van der Waals surface area contributed by atoms with Crippen LogP contribution in [0.5, 0.6) is 17.2 Å². The van der Waals surface area contributed by atoms with Crippen molar-refractivity contribution in [3.63, 3.8) is 0 Å². The van der Waals surface area contributed by atoms with Gasteiger partial charge in [-0.15, -0.1) is 0 Å². The molecule has 2 aromatic rings. The van der Waals surface area contributed by atoms with Crippen LogP contribution in [-0.2, 0) is 9.59 Å². The van der Waals surface area contributed by atoms with Crippen molar-refractivity contribution in [2.75, 3.05) is 31.5 Å². The lowest BCUT2D eigenvalue weighted by Gasteiger charge is -2.16. The van der Waals surface area contributed by atoms with Crippen LogP contribution < -0.4 is 24.4 Å². The fraction of sp³-hybridized carbons (Fsp3) is 0.158. The van der Waals surface area contributed by atoms with Crippen LogP contribution in [0.1, 0.15) is 0 Å². The summed E-state index contributed by atoms with van der Waals surface area (Å²) in [7, 11) is 4.55. The Morgan fingerprint density at radius 1 is 0.852 bits per heavy atom. The molecular formula is C19H17ClN2O5. The third-order valence-electron chi connectivity index (χ3n) is 4.02. The number of carbonyl (C=O) groups is 2. The fourth-order valence-corrected chi connectivity index (χ4v) is 2.84. The van der Waals surface area contributed by atoms with Crippen LogP contribution in [0.15, 0.2) is 53.2 Å². The molecule has 0 radical (unpaired) electrons. The van der Waals surface area contributed by atoms with Gasteiger partial charge in [-0.3, -0.25) is 9.59 Å². The molecule has 0 saturated carbocycles. The zero-order valence-electron chi connectivity index (χ0n) is 14.9. The number of methoxy groups -OCH3 is 3. The van der Waals surface area contributed by atoms with E-state index in [1.807, 2.05) is 0 Å². The summed E-state index contributed by atoms with van der Waals surface area (Å²) in [5, 5.41) is 2.69. The van der Waals surface area contributed by atoms with Crippen molar-refractivity contribution < 1.29 is 23.8 Å². The number of hydrogen-bond donors (Lipinski definition) is 1. The number of carbonyl (C=O) groups excluding carboxylic acids is 2. The van der Waals surface area contributed by atoms with E-state index in [0.29, 0.717) is 28.6 Å². The monoisotopic (exact) mass is 388 g/mol. The molecule has 3 rings (SSSR count). The number of rotatable bonds is 6. The van der Waals surface area contributed by atoms with Gasteiger partial charge in [-0.25, -0.2) is 4.90 Å². The van der Waals surface area contributed by atoms with Gasteiger partial charge in [0.25, 0.3) is 11.8 Å². The van der Waals surface area contributed by atoms with Crippen molar-refractivity contribution in [1.82, 2.24) is 0 Å². The van der Waals surface area contributed by atoms with E-state index in [2.05, 4.69) is 5.32 Å². The van der Waals surface area contributed by atoms with Crippen LogP contribution in [0.3, 0.4) is 0 Å². The molecule has 1 aliphatic heterocycles. The third-order valence-corrected chi connectivity index (χ3v) is 4.37. The van der Waals surface area contributed by atoms with E-state index in [-0.39, 0.29) is 10.7 Å². The predicted octanol–water partition coefficient (Wildman–Crippen LogP) is 3.15. The van der Waals surface area contributed by atoms with Crippen molar-refractivity contribution in [1.29, 1.82) is 0 Å². The highest BCUT2D eigenvalue weighted by molar-refractivity contribution is 6.53. The van der Waals surface area contributed by atoms with Crippen LogP contribution >= 0.6 is 11.6 Å². The molecule has 0 saturated heterocycles. The first kappa shape index (κ1) is 18.6. The second-order valence-corrected chi connectivity index (χ2v) is 5.90. The molecule has 8 heteroatoms. The van der Waals surface area contributed by atoms with Crippen molar-refractivity contribution in [3.05, 3.63) is 53.2 Å². The summed E-state index contributed by atoms with van der Waals surface area (Å²) in [6.45, 7) is 0. The van der Waals surface area contributed by atoms with Gasteiger partial charge in [0.2, 0.25) is 0 Å². The molecule has 0 atom stereocenters. The Kier molecular flexibility index (Phi) is 5.23. The molecule has 2 amide bonds. The Labute approximate surface area is 161 Å². The lowest BCUT2D eigenvalue weighted by Crippen LogP contribution is -2.32. The van der Waals surface area contributed by atoms with Gasteiger partial charge in [0.05, 0.1) is 32.7 Å². The summed E-state index contributed by atoms with van der Waals surface area (Å²) in [6, 6.07) is 11.6. The van der Waals surface area contributed by atoms with Crippen molar-refractivity contribution in [3.8, 4) is 17.2 Å². The number of nitrogens with one attached hydrogen (secondary N) is 1. The van der Waals surface area contributed by atoms with Gasteiger partial charge in [0.15, 0.2) is 0 Å². The number of ether oxygens (including phenoxy) is 3. The molecule has 1 heterocycles. The number of halogens is 1. The van der Waals surface area contributed by atoms with Gasteiger partial charge < -0.3 is 19.5 Å². The highest BCUT2D eigenvalue weighted by atomic mass is 35.5. The first-order valence-corrected chi connectivity index (χ1v) is 8.29. The van der Waals surface area contributed by atoms with Gasteiger partial charge in [-0.2, -0.15) is 0 Å². The van der Waals surface area contributed by atoms with Crippen molar-refractivity contribution >= 4 is 34.8 Å². The SMILES string of the molecule is COc1ccc(N2C(=O)C(Cl)=C(Nc3cc(OC)ccc3OC)C2=O)cc1. The largest absolute Gasteiger partial charge is 0.497 e. The molecule has 0 aromatic heterocycles. The van der Waals surface area contributed by atoms with E-state index in [1.165, 1.54) is 21.3 Å². The molecular weight excluding hydrogens is 372 g/mol. The van der Waals surface area contributed by atoms with Gasteiger partial charge >= 0.3 is 0 Å². The molecule has 0 aliphatic carbocycles. The van der Waals surface area contributed by atoms with E-state index < -0.39 is 11.8 Å². The number of hydrogen-bond acceptors (Lipinski definition) is 6. The summed E-state index contributed by atoms with van der Waals surface area (Å²) in [5.74, 6) is 0.447. The summed E-state index contributed by atoms with van der Waals surface area (Å²) in [6.07, 6.45) is 0. The van der Waals surface area contributed by atoms with E-state index in [1.54, 1.807) is 42.5 Å². The Morgan fingerprint density at radius 3 is 2.07 bits per heavy atom. The van der Waals surface area contributed by atoms with Crippen LogP contribution in [0, 0.1) is 0 Å². The normalized spacial score (nSPS) is 13.9. The van der Waals surface area contributed by atoms with Crippen molar-refractivity contribution in [2.24, 2.45) is 0 Å². The summed E-state index contributed by atoms with van der Waals surface area (Å²) < 4.78 is 15.6. The molecule has 0 fully saturated rings. The zero-order chi connectivity index (χ0) is 19.6. The maximum Gasteiger partial charge on any atom is 0.283 e. The zero-order valence-corrected chi connectivity index (χ0v) is 15.7. The van der Waals surface area contributed by atoms with Gasteiger partial charge in [0.1, 0.15) is 28.0 Å². The first-order valence-electron chi connectivity index (χ1n) is 7.91. The van der Waals surface area contributed by atoms with Crippen LogP contribution in [0.25, 0.3) is 0 Å². The number of anilines is 2. The molecule has 1 N–H and O–H groups in total. The van der Waals surface area contributed by atoms with Crippen LogP contribution in [-0.4, -0.2) is 33.1 Å². The average molecular weight is 389 g/mol. The van der Waals surface area contributed by atoms with E-state index >= 15 is 0 Å². The lowest BCUT2D eigenvalue weighted by molar-refractivity contribution is -0.120. The van der Waals surface area contributed by atoms with E-state index in [0.717, 1.165) is 4.90 Å². The quantitative estimate of drug-likeness (QED) is 0.766. The fourth-order valence-electron chi connectivity index (χ4n) is 2.62. The van der Waals surface area contributed by atoms with Crippen molar-refractivity contribution in [2.45, 2.75) is 0 Å². The molecule has 0 unspecified atom stereocenters.